The van der Waals surface area contributed by atoms with Crippen molar-refractivity contribution in [2.45, 2.75) is 25.5 Å². The van der Waals surface area contributed by atoms with Crippen molar-refractivity contribution in [3.05, 3.63) is 23.8 Å². The molecule has 1 amide bonds. The molecule has 0 bridgehead atoms. The Kier molecular flexibility index (Phi) is 5.83. The molecule has 1 fully saturated rings. The van der Waals surface area contributed by atoms with E-state index < -0.39 is 5.91 Å². The predicted molar refractivity (Wildman–Crippen MR) is 78.4 cm³/mol. The van der Waals surface area contributed by atoms with Crippen LogP contribution in [0.25, 0.3) is 0 Å². The third-order valence-corrected chi connectivity index (χ3v) is 3.35. The van der Waals surface area contributed by atoms with Crippen LogP contribution < -0.4 is 20.5 Å². The van der Waals surface area contributed by atoms with Crippen molar-refractivity contribution < 1.29 is 19.0 Å². The lowest BCUT2D eigenvalue weighted by molar-refractivity contribution is -0.119. The van der Waals surface area contributed by atoms with Gasteiger partial charge in [-0.1, -0.05) is 12.1 Å². The molecular formula is C15H22N2O4. The fourth-order valence-corrected chi connectivity index (χ4v) is 2.34. The molecule has 1 aromatic rings. The van der Waals surface area contributed by atoms with E-state index in [1.807, 2.05) is 12.1 Å². The Morgan fingerprint density at radius 3 is 3.05 bits per heavy atom. The average Bonchev–Trinajstić information content (AvgIpc) is 2.98. The Labute approximate surface area is 124 Å². The monoisotopic (exact) mass is 294 g/mol. The lowest BCUT2D eigenvalue weighted by Crippen LogP contribution is -2.26. The summed E-state index contributed by atoms with van der Waals surface area (Å²) in [5.41, 5.74) is 6.05. The van der Waals surface area contributed by atoms with E-state index in [1.54, 1.807) is 13.2 Å². The largest absolute Gasteiger partial charge is 0.493 e. The lowest BCUT2D eigenvalue weighted by Gasteiger charge is -2.16. The molecule has 0 spiro atoms. The Morgan fingerprint density at radius 1 is 1.52 bits per heavy atom. The molecule has 1 unspecified atom stereocenters. The molecule has 2 rings (SSSR count). The van der Waals surface area contributed by atoms with E-state index in [2.05, 4.69) is 5.32 Å². The molecule has 1 aliphatic heterocycles. The summed E-state index contributed by atoms with van der Waals surface area (Å²) in [6.07, 6.45) is 2.50. The molecule has 6 heteroatoms. The maximum absolute atomic E-state index is 10.9. The van der Waals surface area contributed by atoms with Crippen molar-refractivity contribution in [1.82, 2.24) is 5.32 Å². The highest BCUT2D eigenvalue weighted by Crippen LogP contribution is 2.31. The fraction of sp³-hybridized carbons (Fsp3) is 0.533. The van der Waals surface area contributed by atoms with E-state index >= 15 is 0 Å². The molecule has 3 N–H and O–H groups in total. The molecule has 0 aromatic heterocycles. The number of nitrogens with two attached hydrogens (primary N) is 1. The maximum atomic E-state index is 10.9. The number of benzene rings is 1. The molecule has 6 nitrogen and oxygen atoms in total. The minimum atomic E-state index is -0.515. The standard InChI is InChI=1S/C15H22N2O4/c1-19-13-6-2-4-11(15(13)21-10-14(16)18)8-17-9-12-5-3-7-20-12/h2,4,6,12,17H,3,5,7-10H2,1H3,(H2,16,18). The number of amides is 1. The third kappa shape index (κ3) is 4.61. The smallest absolute Gasteiger partial charge is 0.255 e. The van der Waals surface area contributed by atoms with Gasteiger partial charge in [-0.2, -0.15) is 0 Å². The van der Waals surface area contributed by atoms with E-state index in [4.69, 9.17) is 19.9 Å². The number of hydrogen-bond donors (Lipinski definition) is 2. The normalized spacial score (nSPS) is 17.7. The molecule has 0 radical (unpaired) electrons. The van der Waals surface area contributed by atoms with Crippen molar-refractivity contribution in [2.24, 2.45) is 5.73 Å². The highest BCUT2D eigenvalue weighted by molar-refractivity contribution is 5.75. The van der Waals surface area contributed by atoms with Crippen LogP contribution in [0.2, 0.25) is 0 Å². The van der Waals surface area contributed by atoms with Crippen LogP contribution in [0.5, 0.6) is 11.5 Å². The van der Waals surface area contributed by atoms with Crippen LogP contribution in [0.1, 0.15) is 18.4 Å². The van der Waals surface area contributed by atoms with Crippen LogP contribution in [0.4, 0.5) is 0 Å². The summed E-state index contributed by atoms with van der Waals surface area (Å²) >= 11 is 0. The summed E-state index contributed by atoms with van der Waals surface area (Å²) in [6.45, 7) is 2.09. The van der Waals surface area contributed by atoms with E-state index in [0.29, 0.717) is 18.0 Å². The first kappa shape index (κ1) is 15.6. The van der Waals surface area contributed by atoms with Crippen molar-refractivity contribution in [2.75, 3.05) is 26.9 Å². The zero-order valence-electron chi connectivity index (χ0n) is 12.3. The number of hydrogen-bond acceptors (Lipinski definition) is 5. The highest BCUT2D eigenvalue weighted by Gasteiger charge is 2.16. The van der Waals surface area contributed by atoms with Crippen LogP contribution in [0.15, 0.2) is 18.2 Å². The molecule has 1 saturated heterocycles. The molecule has 0 saturated carbocycles. The van der Waals surface area contributed by atoms with E-state index in [0.717, 1.165) is 31.6 Å². The van der Waals surface area contributed by atoms with Crippen molar-refractivity contribution in [3.63, 3.8) is 0 Å². The first-order valence-electron chi connectivity index (χ1n) is 7.10. The zero-order chi connectivity index (χ0) is 15.1. The van der Waals surface area contributed by atoms with Gasteiger partial charge in [-0.3, -0.25) is 4.79 Å². The van der Waals surface area contributed by atoms with Gasteiger partial charge in [-0.05, 0) is 18.9 Å². The highest BCUT2D eigenvalue weighted by atomic mass is 16.5. The van der Waals surface area contributed by atoms with Crippen molar-refractivity contribution in [3.8, 4) is 11.5 Å². The Morgan fingerprint density at radius 2 is 2.38 bits per heavy atom. The predicted octanol–water partition coefficient (Wildman–Crippen LogP) is 0.828. The van der Waals surface area contributed by atoms with Gasteiger partial charge in [-0.15, -0.1) is 0 Å². The first-order valence-corrected chi connectivity index (χ1v) is 7.10. The van der Waals surface area contributed by atoms with Gasteiger partial charge in [-0.25, -0.2) is 0 Å². The van der Waals surface area contributed by atoms with Crippen LogP contribution in [0, 0.1) is 0 Å². The second-order valence-corrected chi connectivity index (χ2v) is 4.97. The van der Waals surface area contributed by atoms with Crippen molar-refractivity contribution >= 4 is 5.91 Å². The molecule has 0 aliphatic carbocycles. The van der Waals surface area contributed by atoms with Crippen LogP contribution in [-0.4, -0.2) is 38.9 Å². The molecule has 21 heavy (non-hydrogen) atoms. The number of ether oxygens (including phenoxy) is 3. The minimum Gasteiger partial charge on any atom is -0.493 e. The number of primary amides is 1. The zero-order valence-corrected chi connectivity index (χ0v) is 12.3. The molecular weight excluding hydrogens is 272 g/mol. The summed E-state index contributed by atoms with van der Waals surface area (Å²) in [4.78, 5) is 10.9. The quantitative estimate of drug-likeness (QED) is 0.742. The average molecular weight is 294 g/mol. The first-order chi connectivity index (χ1) is 10.2. The van der Waals surface area contributed by atoms with E-state index in [1.165, 1.54) is 0 Å². The van der Waals surface area contributed by atoms with Crippen molar-refractivity contribution in [1.29, 1.82) is 0 Å². The van der Waals surface area contributed by atoms with Gasteiger partial charge in [0.2, 0.25) is 0 Å². The Balaban J connectivity index is 1.97. The fourth-order valence-electron chi connectivity index (χ4n) is 2.34. The number of methoxy groups -OCH3 is 1. The number of rotatable bonds is 8. The van der Waals surface area contributed by atoms with Gasteiger partial charge in [0.05, 0.1) is 13.2 Å². The summed E-state index contributed by atoms with van der Waals surface area (Å²) in [6, 6.07) is 5.61. The summed E-state index contributed by atoms with van der Waals surface area (Å²) in [5.74, 6) is 0.630. The van der Waals surface area contributed by atoms with Gasteiger partial charge in [0, 0.05) is 25.3 Å². The summed E-state index contributed by atoms with van der Waals surface area (Å²) in [7, 11) is 1.57. The third-order valence-electron chi connectivity index (χ3n) is 3.35. The number of para-hydroxylation sites is 1. The number of carbonyl (C=O) groups is 1. The molecule has 116 valence electrons. The molecule has 1 atom stereocenters. The van der Waals surface area contributed by atoms with Crippen LogP contribution in [0.3, 0.4) is 0 Å². The van der Waals surface area contributed by atoms with Gasteiger partial charge < -0.3 is 25.3 Å². The van der Waals surface area contributed by atoms with Crippen LogP contribution >= 0.6 is 0 Å². The number of carbonyl (C=O) groups excluding carboxylic acids is 1. The Bertz CT molecular complexity index is 473. The van der Waals surface area contributed by atoms with Gasteiger partial charge in [0.1, 0.15) is 0 Å². The number of nitrogens with one attached hydrogen (secondary N) is 1. The topological polar surface area (TPSA) is 82.8 Å². The SMILES string of the molecule is COc1cccc(CNCC2CCCO2)c1OCC(N)=O. The van der Waals surface area contributed by atoms with Gasteiger partial charge >= 0.3 is 0 Å². The second kappa shape index (κ2) is 7.85. The summed E-state index contributed by atoms with van der Waals surface area (Å²) in [5, 5.41) is 3.35. The van der Waals surface area contributed by atoms with E-state index in [-0.39, 0.29) is 12.7 Å². The van der Waals surface area contributed by atoms with Crippen LogP contribution in [-0.2, 0) is 16.1 Å². The minimum absolute atomic E-state index is 0.168. The lowest BCUT2D eigenvalue weighted by atomic mass is 10.1. The van der Waals surface area contributed by atoms with Gasteiger partial charge in [0.15, 0.2) is 18.1 Å². The van der Waals surface area contributed by atoms with Gasteiger partial charge in [0.25, 0.3) is 5.91 Å². The second-order valence-electron chi connectivity index (χ2n) is 4.97. The molecule has 1 aromatic carbocycles. The molecule has 1 heterocycles. The van der Waals surface area contributed by atoms with E-state index in [9.17, 15) is 4.79 Å². The Hall–Kier alpha value is -1.79. The molecule has 1 aliphatic rings. The summed E-state index contributed by atoms with van der Waals surface area (Å²) < 4.78 is 16.3. The maximum Gasteiger partial charge on any atom is 0.255 e.